The third kappa shape index (κ3) is 4.59. The first-order valence-electron chi connectivity index (χ1n) is 5.86. The standard InChI is InChI=1S/C13H17NO5/c1-3-18-13(17)7-10(14)9-4-5-12(11(16)6-9)19-8(2)15/h4-6,10,16H,3,7,14H2,1-2H3/t10-/m1/s1. The lowest BCUT2D eigenvalue weighted by Gasteiger charge is -2.13. The summed E-state index contributed by atoms with van der Waals surface area (Å²) in [5.74, 6) is -1.08. The van der Waals surface area contributed by atoms with Gasteiger partial charge < -0.3 is 20.3 Å². The fourth-order valence-electron chi connectivity index (χ4n) is 1.52. The number of nitrogens with two attached hydrogens (primary N) is 1. The van der Waals surface area contributed by atoms with Crippen LogP contribution in [0.1, 0.15) is 31.9 Å². The second-order valence-electron chi connectivity index (χ2n) is 3.94. The topological polar surface area (TPSA) is 98.9 Å². The summed E-state index contributed by atoms with van der Waals surface area (Å²) in [6.07, 6.45) is 0.0141. The van der Waals surface area contributed by atoms with Crippen LogP contribution in [-0.4, -0.2) is 23.7 Å². The molecule has 6 nitrogen and oxygen atoms in total. The van der Waals surface area contributed by atoms with Crippen LogP contribution in [0.4, 0.5) is 0 Å². The number of phenols is 1. The molecular formula is C13H17NO5. The van der Waals surface area contributed by atoms with Gasteiger partial charge in [0.1, 0.15) is 0 Å². The van der Waals surface area contributed by atoms with E-state index < -0.39 is 18.0 Å². The first-order chi connectivity index (χ1) is 8.93. The predicted molar refractivity (Wildman–Crippen MR) is 67.6 cm³/mol. The van der Waals surface area contributed by atoms with Crippen LogP contribution in [0.3, 0.4) is 0 Å². The molecule has 6 heteroatoms. The number of phenolic OH excluding ortho intramolecular Hbond substituents is 1. The summed E-state index contributed by atoms with van der Waals surface area (Å²) in [6, 6.07) is 3.79. The molecule has 1 aromatic rings. The molecule has 1 aromatic carbocycles. The lowest BCUT2D eigenvalue weighted by atomic mass is 10.0. The molecule has 19 heavy (non-hydrogen) atoms. The summed E-state index contributed by atoms with van der Waals surface area (Å²) < 4.78 is 9.57. The smallest absolute Gasteiger partial charge is 0.308 e. The first kappa shape index (κ1) is 15.0. The van der Waals surface area contributed by atoms with E-state index in [-0.39, 0.29) is 17.9 Å². The fourth-order valence-corrected chi connectivity index (χ4v) is 1.52. The van der Waals surface area contributed by atoms with Crippen LogP contribution in [0.2, 0.25) is 0 Å². The Bertz CT molecular complexity index is 472. The molecule has 104 valence electrons. The number of benzene rings is 1. The largest absolute Gasteiger partial charge is 0.504 e. The zero-order valence-electron chi connectivity index (χ0n) is 10.9. The van der Waals surface area contributed by atoms with Gasteiger partial charge in [-0.2, -0.15) is 0 Å². The number of carbonyl (C=O) groups is 2. The lowest BCUT2D eigenvalue weighted by molar-refractivity contribution is -0.143. The molecule has 0 saturated heterocycles. The van der Waals surface area contributed by atoms with Crippen molar-refractivity contribution in [1.82, 2.24) is 0 Å². The SMILES string of the molecule is CCOC(=O)C[C@@H](N)c1ccc(OC(C)=O)c(O)c1. The average molecular weight is 267 g/mol. The van der Waals surface area contributed by atoms with Gasteiger partial charge in [0, 0.05) is 13.0 Å². The van der Waals surface area contributed by atoms with E-state index in [1.165, 1.54) is 19.1 Å². The van der Waals surface area contributed by atoms with Crippen molar-refractivity contribution in [2.45, 2.75) is 26.3 Å². The van der Waals surface area contributed by atoms with Crippen LogP contribution in [0.5, 0.6) is 11.5 Å². The summed E-state index contributed by atoms with van der Waals surface area (Å²) in [5, 5.41) is 9.68. The molecule has 0 unspecified atom stereocenters. The maximum atomic E-state index is 11.3. The Balaban J connectivity index is 2.76. The maximum Gasteiger partial charge on any atom is 0.308 e. The minimum Gasteiger partial charge on any atom is -0.504 e. The van der Waals surface area contributed by atoms with Crippen LogP contribution >= 0.6 is 0 Å². The van der Waals surface area contributed by atoms with Gasteiger partial charge in [0.2, 0.25) is 0 Å². The highest BCUT2D eigenvalue weighted by Gasteiger charge is 2.15. The van der Waals surface area contributed by atoms with Gasteiger partial charge in [-0.1, -0.05) is 6.07 Å². The van der Waals surface area contributed by atoms with E-state index in [1.54, 1.807) is 13.0 Å². The highest BCUT2D eigenvalue weighted by molar-refractivity contribution is 5.71. The number of hydrogen-bond acceptors (Lipinski definition) is 6. The molecule has 0 spiro atoms. The molecule has 0 fully saturated rings. The molecule has 0 aliphatic heterocycles. The Morgan fingerprint density at radius 3 is 2.63 bits per heavy atom. The predicted octanol–water partition coefficient (Wildman–Crippen LogP) is 1.27. The lowest BCUT2D eigenvalue weighted by Crippen LogP contribution is -2.17. The van der Waals surface area contributed by atoms with E-state index in [0.29, 0.717) is 12.2 Å². The Labute approximate surface area is 111 Å². The highest BCUT2D eigenvalue weighted by atomic mass is 16.5. The van der Waals surface area contributed by atoms with Crippen LogP contribution < -0.4 is 10.5 Å². The van der Waals surface area contributed by atoms with Gasteiger partial charge in [-0.15, -0.1) is 0 Å². The monoisotopic (exact) mass is 267 g/mol. The molecular weight excluding hydrogens is 250 g/mol. The van der Waals surface area contributed by atoms with E-state index in [4.69, 9.17) is 15.2 Å². The molecule has 3 N–H and O–H groups in total. The Morgan fingerprint density at radius 2 is 2.11 bits per heavy atom. The van der Waals surface area contributed by atoms with Gasteiger partial charge in [0.15, 0.2) is 11.5 Å². The Morgan fingerprint density at radius 1 is 1.42 bits per heavy atom. The molecule has 0 bridgehead atoms. The van der Waals surface area contributed by atoms with Crippen molar-refractivity contribution in [1.29, 1.82) is 0 Å². The van der Waals surface area contributed by atoms with E-state index in [9.17, 15) is 14.7 Å². The van der Waals surface area contributed by atoms with Gasteiger partial charge in [-0.05, 0) is 24.6 Å². The molecule has 0 amide bonds. The highest BCUT2D eigenvalue weighted by Crippen LogP contribution is 2.29. The summed E-state index contributed by atoms with van der Waals surface area (Å²) >= 11 is 0. The van der Waals surface area contributed by atoms with E-state index in [1.807, 2.05) is 0 Å². The van der Waals surface area contributed by atoms with Crippen LogP contribution in [-0.2, 0) is 14.3 Å². The van der Waals surface area contributed by atoms with Crippen LogP contribution in [0.15, 0.2) is 18.2 Å². The second kappa shape index (κ2) is 6.75. The van der Waals surface area contributed by atoms with Gasteiger partial charge in [0.25, 0.3) is 0 Å². The van der Waals surface area contributed by atoms with Crippen LogP contribution in [0.25, 0.3) is 0 Å². The molecule has 0 aromatic heterocycles. The van der Waals surface area contributed by atoms with Crippen molar-refractivity contribution in [2.24, 2.45) is 5.73 Å². The van der Waals surface area contributed by atoms with Gasteiger partial charge >= 0.3 is 11.9 Å². The number of aromatic hydroxyl groups is 1. The van der Waals surface area contributed by atoms with Gasteiger partial charge in [-0.25, -0.2) is 0 Å². The van der Waals surface area contributed by atoms with Crippen LogP contribution in [0, 0.1) is 0 Å². The summed E-state index contributed by atoms with van der Waals surface area (Å²) in [6.45, 7) is 3.24. The van der Waals surface area contributed by atoms with Gasteiger partial charge in [-0.3, -0.25) is 9.59 Å². The third-order valence-corrected chi connectivity index (χ3v) is 2.36. The summed E-state index contributed by atoms with van der Waals surface area (Å²) in [7, 11) is 0. The van der Waals surface area contributed by atoms with E-state index in [2.05, 4.69) is 0 Å². The molecule has 1 atom stereocenters. The molecule has 0 saturated carbocycles. The van der Waals surface area contributed by atoms with Crippen molar-refractivity contribution in [3.63, 3.8) is 0 Å². The maximum absolute atomic E-state index is 11.3. The number of hydrogen-bond donors (Lipinski definition) is 2. The summed E-state index contributed by atoms with van der Waals surface area (Å²) in [4.78, 5) is 22.1. The quantitative estimate of drug-likeness (QED) is 0.615. The molecule has 0 radical (unpaired) electrons. The number of ether oxygens (including phenoxy) is 2. The van der Waals surface area contributed by atoms with E-state index in [0.717, 1.165) is 0 Å². The zero-order valence-corrected chi connectivity index (χ0v) is 10.9. The fraction of sp³-hybridized carbons (Fsp3) is 0.385. The Hall–Kier alpha value is -2.08. The second-order valence-corrected chi connectivity index (χ2v) is 3.94. The van der Waals surface area contributed by atoms with Crippen molar-refractivity contribution >= 4 is 11.9 Å². The van der Waals surface area contributed by atoms with E-state index >= 15 is 0 Å². The van der Waals surface area contributed by atoms with Crippen molar-refractivity contribution < 1.29 is 24.2 Å². The normalized spacial score (nSPS) is 11.7. The van der Waals surface area contributed by atoms with Crippen molar-refractivity contribution in [3.05, 3.63) is 23.8 Å². The summed E-state index contributed by atoms with van der Waals surface area (Å²) in [5.41, 5.74) is 6.38. The van der Waals surface area contributed by atoms with Crippen molar-refractivity contribution in [2.75, 3.05) is 6.61 Å². The molecule has 0 aliphatic carbocycles. The zero-order chi connectivity index (χ0) is 14.4. The molecule has 0 heterocycles. The van der Waals surface area contributed by atoms with Gasteiger partial charge in [0.05, 0.1) is 13.0 Å². The van der Waals surface area contributed by atoms with Crippen molar-refractivity contribution in [3.8, 4) is 11.5 Å². The third-order valence-electron chi connectivity index (χ3n) is 2.36. The minimum atomic E-state index is -0.587. The number of carbonyl (C=O) groups excluding carboxylic acids is 2. The first-order valence-corrected chi connectivity index (χ1v) is 5.86. The molecule has 1 rings (SSSR count). The Kier molecular flexibility index (Phi) is 5.32. The average Bonchev–Trinajstić information content (AvgIpc) is 2.31. The minimum absolute atomic E-state index is 0.0141. The number of rotatable bonds is 5. The number of esters is 2. The molecule has 0 aliphatic rings.